The molecule has 1 aromatic heterocycles. The first kappa shape index (κ1) is 19.8. The standard InChI is InChI=1S/C16H16F3N3O3S/c1-9-7-13(22-25-9)21-15(24)10(2)26-8-14(23)20-12-5-3-11(4-6-12)16(17,18)19/h3-7,10H,8H2,1-2H3,(H,20,23)(H,21,22,24)/t10-/m1/s1. The quantitative estimate of drug-likeness (QED) is 0.790. The molecule has 2 N–H and O–H groups in total. The molecule has 2 amide bonds. The lowest BCUT2D eigenvalue weighted by molar-refractivity contribution is -0.137. The van der Waals surface area contributed by atoms with Crippen LogP contribution in [0.5, 0.6) is 0 Å². The number of rotatable bonds is 6. The highest BCUT2D eigenvalue weighted by Crippen LogP contribution is 2.29. The Balaban J connectivity index is 1.79. The van der Waals surface area contributed by atoms with Crippen LogP contribution < -0.4 is 10.6 Å². The summed E-state index contributed by atoms with van der Waals surface area (Å²) >= 11 is 1.08. The summed E-state index contributed by atoms with van der Waals surface area (Å²) in [5.74, 6) is 0.0379. The number of anilines is 2. The smallest absolute Gasteiger partial charge is 0.360 e. The lowest BCUT2D eigenvalue weighted by Gasteiger charge is -2.11. The summed E-state index contributed by atoms with van der Waals surface area (Å²) in [6, 6.07) is 5.69. The van der Waals surface area contributed by atoms with Gasteiger partial charge in [-0.3, -0.25) is 9.59 Å². The van der Waals surface area contributed by atoms with Crippen molar-refractivity contribution in [1.29, 1.82) is 0 Å². The average molecular weight is 387 g/mol. The second-order valence-corrected chi connectivity index (χ2v) is 6.72. The molecule has 0 unspecified atom stereocenters. The topological polar surface area (TPSA) is 84.2 Å². The number of thioether (sulfide) groups is 1. The van der Waals surface area contributed by atoms with E-state index < -0.39 is 22.9 Å². The minimum absolute atomic E-state index is 0.0343. The summed E-state index contributed by atoms with van der Waals surface area (Å²) in [6.45, 7) is 3.31. The molecule has 140 valence electrons. The van der Waals surface area contributed by atoms with E-state index in [1.165, 1.54) is 12.1 Å². The van der Waals surface area contributed by atoms with Crippen molar-refractivity contribution in [2.45, 2.75) is 25.3 Å². The number of benzene rings is 1. The Bertz CT molecular complexity index is 775. The van der Waals surface area contributed by atoms with Crippen molar-refractivity contribution in [2.75, 3.05) is 16.4 Å². The highest BCUT2D eigenvalue weighted by atomic mass is 32.2. The van der Waals surface area contributed by atoms with Gasteiger partial charge in [-0.15, -0.1) is 11.8 Å². The Hall–Kier alpha value is -2.49. The monoisotopic (exact) mass is 387 g/mol. The van der Waals surface area contributed by atoms with Crippen molar-refractivity contribution < 1.29 is 27.3 Å². The fraction of sp³-hybridized carbons (Fsp3) is 0.312. The summed E-state index contributed by atoms with van der Waals surface area (Å²) in [4.78, 5) is 23.8. The Kier molecular flexibility index (Phi) is 6.30. The van der Waals surface area contributed by atoms with Crippen LogP contribution in [-0.2, 0) is 15.8 Å². The molecule has 0 aliphatic carbocycles. The van der Waals surface area contributed by atoms with Crippen molar-refractivity contribution in [3.8, 4) is 0 Å². The zero-order chi connectivity index (χ0) is 19.3. The van der Waals surface area contributed by atoms with Crippen LogP contribution in [0.15, 0.2) is 34.9 Å². The minimum atomic E-state index is -4.43. The van der Waals surface area contributed by atoms with E-state index >= 15 is 0 Å². The number of aromatic nitrogens is 1. The highest BCUT2D eigenvalue weighted by molar-refractivity contribution is 8.01. The maximum atomic E-state index is 12.5. The van der Waals surface area contributed by atoms with E-state index in [-0.39, 0.29) is 23.2 Å². The van der Waals surface area contributed by atoms with Crippen LogP contribution in [0, 0.1) is 6.92 Å². The Morgan fingerprint density at radius 1 is 1.23 bits per heavy atom. The molecule has 0 spiro atoms. The van der Waals surface area contributed by atoms with Crippen LogP contribution in [0.1, 0.15) is 18.2 Å². The van der Waals surface area contributed by atoms with Gasteiger partial charge >= 0.3 is 6.18 Å². The molecule has 1 atom stereocenters. The average Bonchev–Trinajstić information content (AvgIpc) is 2.97. The molecule has 0 fully saturated rings. The van der Waals surface area contributed by atoms with Gasteiger partial charge in [0, 0.05) is 11.8 Å². The molecule has 6 nitrogen and oxygen atoms in total. The second-order valence-electron chi connectivity index (χ2n) is 5.39. The molecule has 0 radical (unpaired) electrons. The van der Waals surface area contributed by atoms with Gasteiger partial charge in [0.15, 0.2) is 5.82 Å². The normalized spacial score (nSPS) is 12.5. The number of aryl methyl sites for hydroxylation is 1. The molecular formula is C16H16F3N3O3S. The molecule has 0 saturated carbocycles. The Morgan fingerprint density at radius 2 is 1.88 bits per heavy atom. The largest absolute Gasteiger partial charge is 0.416 e. The summed E-state index contributed by atoms with van der Waals surface area (Å²) in [5.41, 5.74) is -0.544. The summed E-state index contributed by atoms with van der Waals surface area (Å²) < 4.78 is 42.3. The van der Waals surface area contributed by atoms with Gasteiger partial charge in [-0.2, -0.15) is 13.2 Å². The van der Waals surface area contributed by atoms with Crippen molar-refractivity contribution >= 4 is 35.1 Å². The lowest BCUT2D eigenvalue weighted by Crippen LogP contribution is -2.25. The predicted octanol–water partition coefficient (Wildman–Crippen LogP) is 3.70. The van der Waals surface area contributed by atoms with E-state index in [9.17, 15) is 22.8 Å². The van der Waals surface area contributed by atoms with Gasteiger partial charge in [0.05, 0.1) is 16.6 Å². The second kappa shape index (κ2) is 8.26. The van der Waals surface area contributed by atoms with Crippen molar-refractivity contribution in [3.63, 3.8) is 0 Å². The number of hydrogen-bond acceptors (Lipinski definition) is 5. The molecule has 2 aromatic rings. The van der Waals surface area contributed by atoms with Crippen LogP contribution in [0.4, 0.5) is 24.7 Å². The molecule has 0 aliphatic heterocycles. The van der Waals surface area contributed by atoms with Crippen LogP contribution in [0.25, 0.3) is 0 Å². The molecule has 0 bridgehead atoms. The van der Waals surface area contributed by atoms with Crippen LogP contribution in [-0.4, -0.2) is 28.0 Å². The van der Waals surface area contributed by atoms with Crippen molar-refractivity contribution in [1.82, 2.24) is 5.16 Å². The van der Waals surface area contributed by atoms with Crippen molar-refractivity contribution in [3.05, 3.63) is 41.7 Å². The molecular weight excluding hydrogens is 371 g/mol. The molecule has 26 heavy (non-hydrogen) atoms. The first-order valence-corrected chi connectivity index (χ1v) is 8.53. The molecule has 0 aliphatic rings. The number of nitrogens with zero attached hydrogens (tertiary/aromatic N) is 1. The third kappa shape index (κ3) is 5.80. The van der Waals surface area contributed by atoms with E-state index in [1.54, 1.807) is 19.9 Å². The predicted molar refractivity (Wildman–Crippen MR) is 91.9 cm³/mol. The fourth-order valence-corrected chi connectivity index (χ4v) is 2.55. The summed E-state index contributed by atoms with van der Waals surface area (Å²) in [7, 11) is 0. The van der Waals surface area contributed by atoms with E-state index in [0.717, 1.165) is 23.9 Å². The van der Waals surface area contributed by atoms with Gasteiger partial charge in [-0.25, -0.2) is 0 Å². The Labute approximate surface area is 151 Å². The molecule has 10 heteroatoms. The third-order valence-corrected chi connectivity index (χ3v) is 4.35. The lowest BCUT2D eigenvalue weighted by atomic mass is 10.2. The van der Waals surface area contributed by atoms with E-state index in [0.29, 0.717) is 5.76 Å². The number of halogens is 3. The molecule has 1 heterocycles. The van der Waals surface area contributed by atoms with E-state index in [2.05, 4.69) is 15.8 Å². The van der Waals surface area contributed by atoms with Gasteiger partial charge in [-0.05, 0) is 38.1 Å². The maximum Gasteiger partial charge on any atom is 0.416 e. The molecule has 0 saturated heterocycles. The van der Waals surface area contributed by atoms with Crippen LogP contribution in [0.2, 0.25) is 0 Å². The number of nitrogens with one attached hydrogen (secondary N) is 2. The number of carbonyl (C=O) groups is 2. The van der Waals surface area contributed by atoms with Crippen LogP contribution in [0.3, 0.4) is 0 Å². The third-order valence-electron chi connectivity index (χ3n) is 3.21. The number of carbonyl (C=O) groups excluding carboxylic acids is 2. The molecule has 1 aromatic carbocycles. The van der Waals surface area contributed by atoms with E-state index in [1.807, 2.05) is 0 Å². The maximum absolute atomic E-state index is 12.5. The van der Waals surface area contributed by atoms with E-state index in [4.69, 9.17) is 4.52 Å². The van der Waals surface area contributed by atoms with Gasteiger partial charge in [0.25, 0.3) is 0 Å². The van der Waals surface area contributed by atoms with Gasteiger partial charge < -0.3 is 15.2 Å². The Morgan fingerprint density at radius 3 is 2.42 bits per heavy atom. The summed E-state index contributed by atoms with van der Waals surface area (Å²) in [5, 5.41) is 8.14. The molecule has 2 rings (SSSR count). The SMILES string of the molecule is Cc1cc(NC(=O)[C@@H](C)SCC(=O)Nc2ccc(C(F)(F)F)cc2)no1. The van der Waals surface area contributed by atoms with Gasteiger partial charge in [-0.1, -0.05) is 5.16 Å². The summed E-state index contributed by atoms with van der Waals surface area (Å²) in [6.07, 6.45) is -4.43. The zero-order valence-corrected chi connectivity index (χ0v) is 14.7. The number of amides is 2. The highest BCUT2D eigenvalue weighted by Gasteiger charge is 2.30. The number of hydrogen-bond donors (Lipinski definition) is 2. The van der Waals surface area contributed by atoms with Crippen LogP contribution >= 0.6 is 11.8 Å². The number of alkyl halides is 3. The van der Waals surface area contributed by atoms with Crippen molar-refractivity contribution in [2.24, 2.45) is 0 Å². The first-order chi connectivity index (χ1) is 12.1. The zero-order valence-electron chi connectivity index (χ0n) is 13.9. The first-order valence-electron chi connectivity index (χ1n) is 7.48. The minimum Gasteiger partial charge on any atom is -0.360 e. The fourth-order valence-electron chi connectivity index (χ4n) is 1.87. The van der Waals surface area contributed by atoms with Gasteiger partial charge in [0.2, 0.25) is 11.8 Å². The van der Waals surface area contributed by atoms with Gasteiger partial charge in [0.1, 0.15) is 5.76 Å².